The van der Waals surface area contributed by atoms with Crippen LogP contribution in [0.15, 0.2) is 12.2 Å². The average Bonchev–Trinajstić information content (AvgIpc) is 2.38. The predicted octanol–water partition coefficient (Wildman–Crippen LogP) is 1.58. The fourth-order valence-corrected chi connectivity index (χ4v) is 5.18. The number of hydrogen-bond donors (Lipinski definition) is 1. The van der Waals surface area contributed by atoms with Crippen molar-refractivity contribution in [2.24, 2.45) is 10.8 Å². The van der Waals surface area contributed by atoms with E-state index < -0.39 is 25.7 Å². The van der Waals surface area contributed by atoms with Crippen LogP contribution in [-0.4, -0.2) is 23.5 Å². The maximum atomic E-state index is 12.1. The van der Waals surface area contributed by atoms with Crippen molar-refractivity contribution in [3.63, 3.8) is 0 Å². The fourth-order valence-electron chi connectivity index (χ4n) is 3.55. The van der Waals surface area contributed by atoms with Crippen LogP contribution in [-0.2, 0) is 14.9 Å². The molecule has 0 heterocycles. The molecule has 2 bridgehead atoms. The summed E-state index contributed by atoms with van der Waals surface area (Å²) in [6.07, 6.45) is 0.761. The summed E-state index contributed by atoms with van der Waals surface area (Å²) < 4.78 is 31.4. The van der Waals surface area contributed by atoms with Crippen molar-refractivity contribution >= 4 is 15.9 Å². The summed E-state index contributed by atoms with van der Waals surface area (Å²) >= 11 is 0. The van der Waals surface area contributed by atoms with Gasteiger partial charge < -0.3 is 0 Å². The SMILES string of the molecule is C=C1C(=O)C2(C)CCC1(S(=O)(=O)O)C2(C)C. The zero-order valence-corrected chi connectivity index (χ0v) is 10.5. The summed E-state index contributed by atoms with van der Waals surface area (Å²) in [5.74, 6) is -0.221. The molecule has 2 aliphatic rings. The van der Waals surface area contributed by atoms with Gasteiger partial charge in [0.05, 0.1) is 0 Å². The van der Waals surface area contributed by atoms with Gasteiger partial charge >= 0.3 is 0 Å². The van der Waals surface area contributed by atoms with Crippen LogP contribution in [0.2, 0.25) is 0 Å². The summed E-state index contributed by atoms with van der Waals surface area (Å²) in [7, 11) is -4.32. The molecule has 0 aliphatic heterocycles. The third kappa shape index (κ3) is 0.831. The minimum absolute atomic E-state index is 0.0498. The molecule has 0 aromatic carbocycles. The lowest BCUT2D eigenvalue weighted by Crippen LogP contribution is -2.47. The molecular weight excluding hydrogens is 228 g/mol. The molecule has 0 radical (unpaired) electrons. The first-order valence-electron chi connectivity index (χ1n) is 5.23. The Labute approximate surface area is 95.5 Å². The predicted molar refractivity (Wildman–Crippen MR) is 59.5 cm³/mol. The Morgan fingerprint density at radius 3 is 2.00 bits per heavy atom. The van der Waals surface area contributed by atoms with E-state index >= 15 is 0 Å². The lowest BCUT2D eigenvalue weighted by Gasteiger charge is -2.37. The van der Waals surface area contributed by atoms with Crippen LogP contribution in [0, 0.1) is 10.8 Å². The minimum Gasteiger partial charge on any atom is -0.294 e. The Morgan fingerprint density at radius 2 is 1.75 bits per heavy atom. The molecule has 4 nitrogen and oxygen atoms in total. The third-order valence-electron chi connectivity index (χ3n) is 5.07. The van der Waals surface area contributed by atoms with Gasteiger partial charge in [0, 0.05) is 16.4 Å². The molecule has 0 amide bonds. The molecule has 2 unspecified atom stereocenters. The molecule has 0 aromatic heterocycles. The van der Waals surface area contributed by atoms with E-state index in [2.05, 4.69) is 6.58 Å². The monoisotopic (exact) mass is 244 g/mol. The number of carbonyl (C=O) groups excluding carboxylic acids is 1. The van der Waals surface area contributed by atoms with Gasteiger partial charge in [0.15, 0.2) is 5.78 Å². The van der Waals surface area contributed by atoms with Crippen molar-refractivity contribution in [1.82, 2.24) is 0 Å². The Hall–Kier alpha value is -0.680. The van der Waals surface area contributed by atoms with Gasteiger partial charge in [-0.2, -0.15) is 8.42 Å². The number of rotatable bonds is 1. The first-order chi connectivity index (χ1) is 7.02. The Bertz CT molecular complexity index is 502. The summed E-state index contributed by atoms with van der Waals surface area (Å²) in [6, 6.07) is 0. The molecule has 0 spiro atoms. The van der Waals surface area contributed by atoms with Crippen molar-refractivity contribution < 1.29 is 17.8 Å². The molecule has 0 saturated heterocycles. The molecule has 2 aliphatic carbocycles. The molecule has 2 rings (SSSR count). The summed E-state index contributed by atoms with van der Waals surface area (Å²) in [4.78, 5) is 12.1. The van der Waals surface area contributed by atoms with Crippen molar-refractivity contribution in [3.05, 3.63) is 12.2 Å². The number of Topliss-reactive ketones (excluding diaryl/α,β-unsaturated/α-hetero) is 1. The number of carbonyl (C=O) groups is 1. The van der Waals surface area contributed by atoms with Crippen LogP contribution in [0.1, 0.15) is 33.6 Å². The van der Waals surface area contributed by atoms with E-state index in [1.807, 2.05) is 0 Å². The normalized spacial score (nSPS) is 41.8. The number of ketones is 1. The Morgan fingerprint density at radius 1 is 1.25 bits per heavy atom. The van der Waals surface area contributed by atoms with Gasteiger partial charge in [-0.25, -0.2) is 0 Å². The maximum absolute atomic E-state index is 12.1. The first kappa shape index (κ1) is 11.8. The van der Waals surface area contributed by atoms with Gasteiger partial charge in [0.25, 0.3) is 10.1 Å². The maximum Gasteiger partial charge on any atom is 0.275 e. The first-order valence-corrected chi connectivity index (χ1v) is 6.67. The van der Waals surface area contributed by atoms with Crippen LogP contribution in [0.4, 0.5) is 0 Å². The molecule has 2 saturated carbocycles. The average molecular weight is 244 g/mol. The van der Waals surface area contributed by atoms with Crippen molar-refractivity contribution in [1.29, 1.82) is 0 Å². The molecule has 0 aromatic rings. The van der Waals surface area contributed by atoms with E-state index in [9.17, 15) is 17.8 Å². The molecular formula is C11H16O4S. The van der Waals surface area contributed by atoms with Gasteiger partial charge in [0.1, 0.15) is 4.75 Å². The fraction of sp³-hybridized carbons (Fsp3) is 0.727. The standard InChI is InChI=1S/C11H16O4S/c1-7-8(12)10(4)5-6-11(7,9(10,2)3)16(13,14)15/h1,5-6H2,2-4H3,(H,13,14,15). The molecule has 16 heavy (non-hydrogen) atoms. The zero-order chi connectivity index (χ0) is 12.6. The topological polar surface area (TPSA) is 71.4 Å². The van der Waals surface area contributed by atoms with E-state index in [-0.39, 0.29) is 17.8 Å². The third-order valence-corrected chi connectivity index (χ3v) is 6.91. The highest BCUT2D eigenvalue weighted by Crippen LogP contribution is 2.70. The van der Waals surface area contributed by atoms with Gasteiger partial charge in [-0.1, -0.05) is 27.4 Å². The second-order valence-electron chi connectivity index (χ2n) is 5.57. The highest BCUT2D eigenvalue weighted by atomic mass is 32.2. The molecule has 2 atom stereocenters. The van der Waals surface area contributed by atoms with Gasteiger partial charge in [-0.15, -0.1) is 0 Å². The van der Waals surface area contributed by atoms with E-state index in [1.54, 1.807) is 20.8 Å². The smallest absolute Gasteiger partial charge is 0.275 e. The number of fused-ring (bicyclic) bond motifs is 2. The van der Waals surface area contributed by atoms with E-state index in [0.717, 1.165) is 0 Å². The van der Waals surface area contributed by atoms with Crippen LogP contribution in [0.3, 0.4) is 0 Å². The van der Waals surface area contributed by atoms with Crippen molar-refractivity contribution in [3.8, 4) is 0 Å². The molecule has 90 valence electrons. The van der Waals surface area contributed by atoms with Crippen LogP contribution in [0.5, 0.6) is 0 Å². The number of hydrogen-bond acceptors (Lipinski definition) is 3. The van der Waals surface area contributed by atoms with Gasteiger partial charge in [-0.05, 0) is 12.8 Å². The second kappa shape index (κ2) is 2.59. The summed E-state index contributed by atoms with van der Waals surface area (Å²) in [5, 5.41) is 0. The lowest BCUT2D eigenvalue weighted by molar-refractivity contribution is -0.125. The quantitative estimate of drug-likeness (QED) is 0.561. The van der Waals surface area contributed by atoms with Crippen LogP contribution >= 0.6 is 0 Å². The van der Waals surface area contributed by atoms with E-state index in [1.165, 1.54) is 0 Å². The lowest BCUT2D eigenvalue weighted by atomic mass is 9.70. The van der Waals surface area contributed by atoms with E-state index in [0.29, 0.717) is 6.42 Å². The van der Waals surface area contributed by atoms with Gasteiger partial charge in [-0.3, -0.25) is 9.35 Å². The molecule has 1 N–H and O–H groups in total. The van der Waals surface area contributed by atoms with E-state index in [4.69, 9.17) is 0 Å². The largest absolute Gasteiger partial charge is 0.294 e. The minimum atomic E-state index is -4.32. The highest BCUT2D eigenvalue weighted by molar-refractivity contribution is 7.87. The Kier molecular flexibility index (Phi) is 1.91. The summed E-state index contributed by atoms with van der Waals surface area (Å²) in [6.45, 7) is 8.83. The van der Waals surface area contributed by atoms with Crippen LogP contribution < -0.4 is 0 Å². The van der Waals surface area contributed by atoms with Crippen LogP contribution in [0.25, 0.3) is 0 Å². The highest BCUT2D eigenvalue weighted by Gasteiger charge is 2.76. The zero-order valence-electron chi connectivity index (χ0n) is 9.70. The Balaban J connectivity index is 2.84. The second-order valence-corrected chi connectivity index (χ2v) is 7.21. The van der Waals surface area contributed by atoms with Crippen molar-refractivity contribution in [2.45, 2.75) is 38.4 Å². The molecule has 5 heteroatoms. The van der Waals surface area contributed by atoms with Crippen molar-refractivity contribution in [2.75, 3.05) is 0 Å². The molecule has 2 fully saturated rings. The summed E-state index contributed by atoms with van der Waals surface area (Å²) in [5.41, 5.74) is -1.48. The van der Waals surface area contributed by atoms with Gasteiger partial charge in [0.2, 0.25) is 0 Å².